The van der Waals surface area contributed by atoms with Gasteiger partial charge in [-0.25, -0.2) is 0 Å². The van der Waals surface area contributed by atoms with Gasteiger partial charge in [-0.1, -0.05) is 60.7 Å². The van der Waals surface area contributed by atoms with Crippen molar-refractivity contribution in [3.8, 4) is 0 Å². The zero-order valence-electron chi connectivity index (χ0n) is 14.5. The molecule has 24 heavy (non-hydrogen) atoms. The second-order valence-corrected chi connectivity index (χ2v) is 7.60. The summed E-state index contributed by atoms with van der Waals surface area (Å²) < 4.78 is 24.6. The summed E-state index contributed by atoms with van der Waals surface area (Å²) in [4.78, 5) is 0. The first-order valence-electron chi connectivity index (χ1n) is 8.35. The van der Waals surface area contributed by atoms with E-state index in [2.05, 4.69) is 5.32 Å². The van der Waals surface area contributed by atoms with E-state index in [1.807, 2.05) is 81.4 Å². The maximum Gasteiger partial charge on any atom is 0.351 e. The van der Waals surface area contributed by atoms with Gasteiger partial charge in [-0.15, -0.1) is 0 Å². The molecule has 0 aromatic heterocycles. The molecule has 4 nitrogen and oxygen atoms in total. The lowest BCUT2D eigenvalue weighted by Crippen LogP contribution is -2.26. The maximum absolute atomic E-state index is 13.4. The van der Waals surface area contributed by atoms with Crippen molar-refractivity contribution in [3.63, 3.8) is 0 Å². The number of benzene rings is 2. The molecule has 1 N–H and O–H groups in total. The molecule has 0 saturated heterocycles. The average Bonchev–Trinajstić information content (AvgIpc) is 2.61. The fraction of sp³-hybridized carbons (Fsp3) is 0.368. The van der Waals surface area contributed by atoms with Gasteiger partial charge in [0.1, 0.15) is 5.78 Å². The second-order valence-electron chi connectivity index (χ2n) is 5.49. The van der Waals surface area contributed by atoms with Crippen molar-refractivity contribution in [2.24, 2.45) is 0 Å². The molecule has 5 heteroatoms. The van der Waals surface area contributed by atoms with E-state index in [4.69, 9.17) is 9.05 Å². The largest absolute Gasteiger partial charge is 0.351 e. The van der Waals surface area contributed by atoms with Crippen LogP contribution in [-0.2, 0) is 13.6 Å². The molecule has 0 spiro atoms. The van der Waals surface area contributed by atoms with Crippen LogP contribution < -0.4 is 5.32 Å². The summed E-state index contributed by atoms with van der Waals surface area (Å²) in [5, 5.41) is 3.45. The molecular weight excluding hydrogens is 321 g/mol. The third-order valence-corrected chi connectivity index (χ3v) is 6.07. The van der Waals surface area contributed by atoms with Crippen LogP contribution in [0, 0.1) is 0 Å². The van der Waals surface area contributed by atoms with E-state index >= 15 is 0 Å². The predicted molar refractivity (Wildman–Crippen MR) is 98.0 cm³/mol. The number of hydrogen-bond donors (Lipinski definition) is 1. The first kappa shape index (κ1) is 18.9. The van der Waals surface area contributed by atoms with Crippen molar-refractivity contribution in [1.29, 1.82) is 0 Å². The summed E-state index contributed by atoms with van der Waals surface area (Å²) in [6.45, 7) is 6.38. The molecule has 0 amide bonds. The number of rotatable bonds is 9. The van der Waals surface area contributed by atoms with Crippen LogP contribution in [0.1, 0.15) is 43.7 Å². The van der Waals surface area contributed by atoms with Crippen LogP contribution in [0.3, 0.4) is 0 Å². The minimum atomic E-state index is -3.34. The van der Waals surface area contributed by atoms with Gasteiger partial charge in [0, 0.05) is 6.04 Å². The van der Waals surface area contributed by atoms with Crippen molar-refractivity contribution in [3.05, 3.63) is 71.8 Å². The molecule has 130 valence electrons. The van der Waals surface area contributed by atoms with E-state index in [0.29, 0.717) is 13.2 Å². The van der Waals surface area contributed by atoms with Gasteiger partial charge >= 0.3 is 7.60 Å². The highest BCUT2D eigenvalue weighted by Crippen LogP contribution is 2.60. The average molecular weight is 347 g/mol. The summed E-state index contributed by atoms with van der Waals surface area (Å²) in [6.07, 6.45) is 0. The van der Waals surface area contributed by atoms with E-state index in [1.54, 1.807) is 0 Å². The van der Waals surface area contributed by atoms with Gasteiger partial charge in [0.2, 0.25) is 0 Å². The quantitative estimate of drug-likeness (QED) is 0.625. The van der Waals surface area contributed by atoms with Crippen LogP contribution in [0.2, 0.25) is 0 Å². The van der Waals surface area contributed by atoms with Crippen molar-refractivity contribution >= 4 is 7.60 Å². The minimum absolute atomic E-state index is 0.00523. The Morgan fingerprint density at radius 2 is 1.33 bits per heavy atom. The normalized spacial score (nSPS) is 14.3. The van der Waals surface area contributed by atoms with E-state index in [1.165, 1.54) is 0 Å². The molecule has 0 aliphatic carbocycles. The van der Waals surface area contributed by atoms with E-state index in [0.717, 1.165) is 11.1 Å². The summed E-state index contributed by atoms with van der Waals surface area (Å²) in [6, 6.07) is 19.8. The molecule has 0 fully saturated rings. The highest BCUT2D eigenvalue weighted by atomic mass is 31.2. The molecule has 2 aromatic rings. The van der Waals surface area contributed by atoms with Gasteiger partial charge in [0.15, 0.2) is 0 Å². The Morgan fingerprint density at radius 3 is 1.79 bits per heavy atom. The monoisotopic (exact) mass is 347 g/mol. The lowest BCUT2D eigenvalue weighted by atomic mass is 10.1. The summed E-state index contributed by atoms with van der Waals surface area (Å²) >= 11 is 0. The fourth-order valence-electron chi connectivity index (χ4n) is 2.63. The molecule has 2 rings (SSSR count). The molecule has 0 heterocycles. The smallest absolute Gasteiger partial charge is 0.308 e. The topological polar surface area (TPSA) is 47.6 Å². The molecular formula is C19H26NO3P. The van der Waals surface area contributed by atoms with Crippen LogP contribution in [0.25, 0.3) is 0 Å². The van der Waals surface area contributed by atoms with Crippen LogP contribution in [0.15, 0.2) is 60.7 Å². The molecule has 0 saturated carbocycles. The van der Waals surface area contributed by atoms with Gasteiger partial charge in [0.25, 0.3) is 0 Å². The first-order valence-corrected chi connectivity index (χ1v) is 9.96. The zero-order valence-corrected chi connectivity index (χ0v) is 15.4. The van der Waals surface area contributed by atoms with Gasteiger partial charge in [-0.3, -0.25) is 9.88 Å². The highest BCUT2D eigenvalue weighted by Gasteiger charge is 2.37. The predicted octanol–water partition coefficient (Wildman–Crippen LogP) is 5.30. The number of nitrogens with one attached hydrogen (secondary N) is 1. The minimum Gasteiger partial charge on any atom is -0.308 e. The Balaban J connectivity index is 2.34. The Bertz CT molecular complexity index is 638. The maximum atomic E-state index is 13.4. The SMILES string of the molecule is CCOP(=O)(OCC)C(N[C@H](C)c1ccccc1)c1ccccc1. The van der Waals surface area contributed by atoms with Crippen molar-refractivity contribution in [1.82, 2.24) is 5.32 Å². The van der Waals surface area contributed by atoms with Crippen molar-refractivity contribution < 1.29 is 13.6 Å². The second kappa shape index (κ2) is 9.14. The van der Waals surface area contributed by atoms with E-state index < -0.39 is 13.4 Å². The summed E-state index contributed by atoms with van der Waals surface area (Å²) in [5.41, 5.74) is 2.02. The number of hydrogen-bond acceptors (Lipinski definition) is 4. The first-order chi connectivity index (χ1) is 11.6. The molecule has 2 atom stereocenters. The third kappa shape index (κ3) is 4.78. The molecule has 2 aromatic carbocycles. The standard InChI is InChI=1S/C19H26NO3P/c1-4-22-24(21,23-5-2)19(18-14-10-7-11-15-18)20-16(3)17-12-8-6-9-13-17/h6-16,19-20H,4-5H2,1-3H3/t16-,19?/m1/s1. The Morgan fingerprint density at radius 1 is 0.875 bits per heavy atom. The fourth-order valence-corrected chi connectivity index (χ4v) is 4.66. The lowest BCUT2D eigenvalue weighted by Gasteiger charge is -2.30. The van der Waals surface area contributed by atoms with Crippen LogP contribution >= 0.6 is 7.60 Å². The van der Waals surface area contributed by atoms with Crippen LogP contribution in [0.4, 0.5) is 0 Å². The Labute approximate surface area is 144 Å². The molecule has 0 radical (unpaired) electrons. The lowest BCUT2D eigenvalue weighted by molar-refractivity contribution is 0.205. The van der Waals surface area contributed by atoms with E-state index in [9.17, 15) is 4.57 Å². The van der Waals surface area contributed by atoms with Crippen molar-refractivity contribution in [2.45, 2.75) is 32.6 Å². The van der Waals surface area contributed by atoms with E-state index in [-0.39, 0.29) is 6.04 Å². The van der Waals surface area contributed by atoms with Gasteiger partial charge < -0.3 is 9.05 Å². The molecule has 1 unspecified atom stereocenters. The van der Waals surface area contributed by atoms with Gasteiger partial charge in [0.05, 0.1) is 13.2 Å². The van der Waals surface area contributed by atoms with Gasteiger partial charge in [-0.2, -0.15) is 0 Å². The van der Waals surface area contributed by atoms with Crippen molar-refractivity contribution in [2.75, 3.05) is 13.2 Å². The van der Waals surface area contributed by atoms with Crippen LogP contribution in [-0.4, -0.2) is 13.2 Å². The molecule has 0 aliphatic rings. The third-order valence-electron chi connectivity index (χ3n) is 3.76. The molecule has 0 bridgehead atoms. The molecule has 0 aliphatic heterocycles. The van der Waals surface area contributed by atoms with Crippen LogP contribution in [0.5, 0.6) is 0 Å². The zero-order chi connectivity index (χ0) is 17.4. The summed E-state index contributed by atoms with van der Waals surface area (Å²) in [5.74, 6) is -0.520. The Kier molecular flexibility index (Phi) is 7.19. The summed E-state index contributed by atoms with van der Waals surface area (Å²) in [7, 11) is -3.34. The Hall–Kier alpha value is -1.45. The van der Waals surface area contributed by atoms with Gasteiger partial charge in [-0.05, 0) is 31.9 Å². The highest BCUT2D eigenvalue weighted by molar-refractivity contribution is 7.54.